The summed E-state index contributed by atoms with van der Waals surface area (Å²) in [6.45, 7) is 3.44. The molecular formula is C26H28ClFN4O4. The number of nitrogens with zero attached hydrogens (tertiary/aromatic N) is 3. The number of benzene rings is 2. The van der Waals surface area contributed by atoms with Gasteiger partial charge >= 0.3 is 5.97 Å². The van der Waals surface area contributed by atoms with Gasteiger partial charge in [-0.15, -0.1) is 0 Å². The van der Waals surface area contributed by atoms with E-state index in [9.17, 15) is 14.0 Å². The van der Waals surface area contributed by atoms with Crippen molar-refractivity contribution in [3.8, 4) is 5.75 Å². The van der Waals surface area contributed by atoms with Crippen LogP contribution in [0.2, 0.25) is 5.02 Å². The number of carboxylic acids is 1. The molecule has 0 aliphatic carbocycles. The quantitative estimate of drug-likeness (QED) is 0.306. The molecule has 0 bridgehead atoms. The van der Waals surface area contributed by atoms with Crippen LogP contribution in [0.3, 0.4) is 0 Å². The van der Waals surface area contributed by atoms with Crippen molar-refractivity contribution in [1.29, 1.82) is 0 Å². The van der Waals surface area contributed by atoms with Crippen LogP contribution in [0.15, 0.2) is 48.8 Å². The first kappa shape index (κ1) is 27.0. The number of aromatic nitrogens is 2. The molecule has 0 atom stereocenters. The van der Waals surface area contributed by atoms with Crippen molar-refractivity contribution in [3.05, 3.63) is 65.2 Å². The zero-order chi connectivity index (χ0) is 26.1. The molecule has 0 saturated carbocycles. The molecule has 3 rings (SSSR count). The predicted octanol–water partition coefficient (Wildman–Crippen LogP) is 5.03. The summed E-state index contributed by atoms with van der Waals surface area (Å²) in [7, 11) is 1.87. The van der Waals surface area contributed by atoms with Crippen LogP contribution in [0, 0.1) is 5.82 Å². The highest BCUT2D eigenvalue weighted by molar-refractivity contribution is 6.31. The Morgan fingerprint density at radius 3 is 2.78 bits per heavy atom. The first-order chi connectivity index (χ1) is 17.3. The largest absolute Gasteiger partial charge is 0.494 e. The minimum atomic E-state index is -0.820. The van der Waals surface area contributed by atoms with Gasteiger partial charge in [0.1, 0.15) is 23.7 Å². The zero-order valence-corrected chi connectivity index (χ0v) is 20.9. The summed E-state index contributed by atoms with van der Waals surface area (Å²) in [4.78, 5) is 33.9. The summed E-state index contributed by atoms with van der Waals surface area (Å²) in [5.74, 6) is -0.396. The van der Waals surface area contributed by atoms with E-state index in [0.717, 1.165) is 0 Å². The molecule has 3 aromatic rings. The van der Waals surface area contributed by atoms with E-state index in [0.29, 0.717) is 59.8 Å². The topological polar surface area (TPSA) is 105 Å². The van der Waals surface area contributed by atoms with Crippen molar-refractivity contribution in [3.63, 3.8) is 0 Å². The molecule has 0 aliphatic heterocycles. The van der Waals surface area contributed by atoms with E-state index < -0.39 is 11.8 Å². The summed E-state index contributed by atoms with van der Waals surface area (Å²) >= 11 is 5.90. The fourth-order valence-electron chi connectivity index (χ4n) is 3.57. The number of hydrogen-bond acceptors (Lipinski definition) is 7. The molecule has 190 valence electrons. The molecule has 0 saturated heterocycles. The van der Waals surface area contributed by atoms with Crippen LogP contribution in [0.25, 0.3) is 10.9 Å². The second kappa shape index (κ2) is 12.9. The van der Waals surface area contributed by atoms with E-state index in [2.05, 4.69) is 15.3 Å². The summed E-state index contributed by atoms with van der Waals surface area (Å²) in [6, 6.07) is 7.87. The molecule has 0 amide bonds. The number of fused-ring (bicyclic) bond motifs is 1. The number of carbonyl (C=O) groups excluding carboxylic acids is 1. The molecule has 8 nitrogen and oxygen atoms in total. The van der Waals surface area contributed by atoms with Gasteiger partial charge < -0.3 is 20.1 Å². The molecule has 0 unspecified atom stereocenters. The first-order valence-electron chi connectivity index (χ1n) is 11.5. The van der Waals surface area contributed by atoms with Gasteiger partial charge in [-0.3, -0.25) is 9.59 Å². The maximum Gasteiger partial charge on any atom is 0.303 e. The number of ketones is 1. The maximum atomic E-state index is 13.5. The molecule has 1 heterocycles. The lowest BCUT2D eigenvalue weighted by molar-refractivity contribution is -0.137. The second-order valence-electron chi connectivity index (χ2n) is 8.19. The number of likely N-dealkylation sites (N-methyl/N-ethyl adjacent to an activating group) is 1. The van der Waals surface area contributed by atoms with Gasteiger partial charge in [-0.25, -0.2) is 14.4 Å². The number of halogens is 2. The number of ether oxygens (including phenoxy) is 1. The fourth-order valence-corrected chi connectivity index (χ4v) is 3.75. The highest BCUT2D eigenvalue weighted by atomic mass is 35.5. The summed E-state index contributed by atoms with van der Waals surface area (Å²) in [5.41, 5.74) is 1.87. The number of rotatable bonds is 13. The lowest BCUT2D eigenvalue weighted by Crippen LogP contribution is -2.20. The number of carboxylic acid groups (broad SMARTS) is 1. The van der Waals surface area contributed by atoms with Gasteiger partial charge in [-0.2, -0.15) is 0 Å². The smallest absolute Gasteiger partial charge is 0.303 e. The van der Waals surface area contributed by atoms with Crippen LogP contribution in [0.4, 0.5) is 15.9 Å². The zero-order valence-electron chi connectivity index (χ0n) is 20.1. The highest BCUT2D eigenvalue weighted by Crippen LogP contribution is 2.31. The van der Waals surface area contributed by atoms with E-state index in [4.69, 9.17) is 21.4 Å². The average Bonchev–Trinajstić information content (AvgIpc) is 2.82. The molecule has 2 aromatic carbocycles. The third kappa shape index (κ3) is 7.73. The van der Waals surface area contributed by atoms with Gasteiger partial charge in [0.15, 0.2) is 5.78 Å². The number of anilines is 2. The third-order valence-corrected chi connectivity index (χ3v) is 5.61. The van der Waals surface area contributed by atoms with E-state index >= 15 is 0 Å². The highest BCUT2D eigenvalue weighted by Gasteiger charge is 2.14. The van der Waals surface area contributed by atoms with Crippen LogP contribution in [-0.2, 0) is 16.0 Å². The lowest BCUT2D eigenvalue weighted by Gasteiger charge is -2.14. The second-order valence-corrected chi connectivity index (χ2v) is 8.60. The fraction of sp³-hybridized carbons (Fsp3) is 0.308. The van der Waals surface area contributed by atoms with Crippen LogP contribution in [0.5, 0.6) is 5.75 Å². The van der Waals surface area contributed by atoms with Gasteiger partial charge in [0.25, 0.3) is 0 Å². The number of hydrogen-bond donors (Lipinski definition) is 2. The van der Waals surface area contributed by atoms with E-state index in [1.54, 1.807) is 18.2 Å². The van der Waals surface area contributed by atoms with E-state index in [1.807, 2.05) is 24.9 Å². The monoisotopic (exact) mass is 514 g/mol. The Balaban J connectivity index is 1.78. The Morgan fingerprint density at radius 1 is 1.25 bits per heavy atom. The Hall–Kier alpha value is -3.56. The van der Waals surface area contributed by atoms with Crippen molar-refractivity contribution < 1.29 is 23.8 Å². The first-order valence-corrected chi connectivity index (χ1v) is 11.9. The van der Waals surface area contributed by atoms with Crippen molar-refractivity contribution in [1.82, 2.24) is 14.9 Å². The molecule has 2 N–H and O–H groups in total. The molecule has 10 heteroatoms. The Morgan fingerprint density at radius 2 is 2.06 bits per heavy atom. The van der Waals surface area contributed by atoms with Gasteiger partial charge in [0, 0.05) is 42.1 Å². The van der Waals surface area contributed by atoms with E-state index in [1.165, 1.54) is 24.5 Å². The molecular weight excluding hydrogens is 487 g/mol. The number of allylic oxidation sites excluding steroid dienone is 1. The maximum absolute atomic E-state index is 13.5. The van der Waals surface area contributed by atoms with E-state index in [-0.39, 0.29) is 23.6 Å². The molecule has 0 radical (unpaired) electrons. The lowest BCUT2D eigenvalue weighted by atomic mass is 10.0. The van der Waals surface area contributed by atoms with Crippen molar-refractivity contribution in [2.45, 2.75) is 26.2 Å². The standard InChI is InChI=1S/C26H28ClFN4O4/c1-3-36-24-15-23-20(26(30-16-29-23)31-18-8-9-22(28)21(27)14-18)13-17(24)12-19(33)6-4-10-32(2)11-5-7-25(34)35/h4,6,8-9,13-16H,3,5,7,10-12H2,1-2H3,(H,34,35)(H,29,30,31)/b6-4+. The Bertz CT molecular complexity index is 1270. The van der Waals surface area contributed by atoms with Gasteiger partial charge in [-0.1, -0.05) is 17.7 Å². The normalized spacial score (nSPS) is 11.4. The molecule has 1 aromatic heterocycles. The molecule has 0 aliphatic rings. The summed E-state index contributed by atoms with van der Waals surface area (Å²) in [6.07, 6.45) is 5.47. The predicted molar refractivity (Wildman–Crippen MR) is 138 cm³/mol. The molecule has 0 fully saturated rings. The Labute approximate surface area is 213 Å². The van der Waals surface area contributed by atoms with Crippen LogP contribution < -0.4 is 10.1 Å². The third-order valence-electron chi connectivity index (χ3n) is 5.32. The van der Waals surface area contributed by atoms with Gasteiger partial charge in [0.2, 0.25) is 0 Å². The van der Waals surface area contributed by atoms with Gasteiger partial charge in [0.05, 0.1) is 17.1 Å². The van der Waals surface area contributed by atoms with Crippen LogP contribution >= 0.6 is 11.6 Å². The van der Waals surface area contributed by atoms with Crippen molar-refractivity contribution in [2.24, 2.45) is 0 Å². The molecule has 0 spiro atoms. The van der Waals surface area contributed by atoms with Crippen LogP contribution in [0.1, 0.15) is 25.3 Å². The van der Waals surface area contributed by atoms with Crippen LogP contribution in [-0.4, -0.2) is 58.5 Å². The Kier molecular flexibility index (Phi) is 9.72. The van der Waals surface area contributed by atoms with Crippen molar-refractivity contribution >= 4 is 45.8 Å². The number of nitrogens with one attached hydrogen (secondary N) is 1. The summed E-state index contributed by atoms with van der Waals surface area (Å²) < 4.78 is 19.3. The van der Waals surface area contributed by atoms with Crippen molar-refractivity contribution in [2.75, 3.05) is 32.1 Å². The number of aliphatic carboxylic acids is 1. The SMILES string of the molecule is CCOc1cc2ncnc(Nc3ccc(F)c(Cl)c3)c2cc1CC(=O)/C=C/CN(C)CCCC(=O)O. The number of carbonyl (C=O) groups is 2. The minimum Gasteiger partial charge on any atom is -0.494 e. The average molecular weight is 515 g/mol. The molecule has 36 heavy (non-hydrogen) atoms. The summed E-state index contributed by atoms with van der Waals surface area (Å²) in [5, 5.41) is 12.5. The minimum absolute atomic E-state index is 0.0115. The van der Waals surface area contributed by atoms with Gasteiger partial charge in [-0.05, 0) is 57.3 Å².